The van der Waals surface area contributed by atoms with Crippen LogP contribution in [0.5, 0.6) is 11.5 Å². The van der Waals surface area contributed by atoms with Gasteiger partial charge in [-0.25, -0.2) is 0 Å². The van der Waals surface area contributed by atoms with Gasteiger partial charge in [-0.15, -0.1) is 0 Å². The Morgan fingerprint density at radius 2 is 1.73 bits per heavy atom. The lowest BCUT2D eigenvalue weighted by Gasteiger charge is -2.20. The maximum atomic E-state index is 13.4. The lowest BCUT2D eigenvalue weighted by atomic mass is 9.88. The third kappa shape index (κ3) is 4.71. The monoisotopic (exact) mass is 407 g/mol. The van der Waals surface area contributed by atoms with E-state index < -0.39 is 11.9 Å². The minimum absolute atomic E-state index is 0.0513. The molecule has 1 aromatic heterocycles. The molecule has 0 radical (unpaired) electrons. The van der Waals surface area contributed by atoms with Crippen molar-refractivity contribution in [3.05, 3.63) is 93.4 Å². The maximum absolute atomic E-state index is 13.4. The van der Waals surface area contributed by atoms with E-state index in [4.69, 9.17) is 4.74 Å². The van der Waals surface area contributed by atoms with Gasteiger partial charge in [-0.3, -0.25) is 9.59 Å². The van der Waals surface area contributed by atoms with Crippen molar-refractivity contribution < 1.29 is 19.7 Å². The molecule has 0 spiro atoms. The van der Waals surface area contributed by atoms with Crippen LogP contribution in [-0.2, 0) is 22.5 Å². The molecule has 3 rings (SSSR count). The Kier molecular flexibility index (Phi) is 6.57. The summed E-state index contributed by atoms with van der Waals surface area (Å²) < 4.78 is 6.43. The topological polar surface area (TPSA) is 88.8 Å². The van der Waals surface area contributed by atoms with E-state index in [9.17, 15) is 19.8 Å². The van der Waals surface area contributed by atoms with E-state index in [1.54, 1.807) is 41.8 Å². The minimum Gasteiger partial charge on any atom is -0.508 e. The van der Waals surface area contributed by atoms with Gasteiger partial charge in [0.15, 0.2) is 0 Å². The molecule has 2 N–H and O–H groups in total. The first kappa shape index (κ1) is 21.2. The van der Waals surface area contributed by atoms with Crippen LogP contribution in [0.2, 0.25) is 0 Å². The van der Waals surface area contributed by atoms with Crippen molar-refractivity contribution in [2.75, 3.05) is 7.11 Å². The Morgan fingerprint density at radius 3 is 2.37 bits per heavy atom. The van der Waals surface area contributed by atoms with Crippen molar-refractivity contribution in [1.82, 2.24) is 4.57 Å². The second kappa shape index (κ2) is 9.31. The largest absolute Gasteiger partial charge is 0.508 e. The fraction of sp³-hybridized carbons (Fsp3) is 0.250. The van der Waals surface area contributed by atoms with E-state index in [1.165, 1.54) is 7.11 Å². The number of aryl methyl sites for hydroxylation is 2. The summed E-state index contributed by atoms with van der Waals surface area (Å²) >= 11 is 0. The van der Waals surface area contributed by atoms with Gasteiger partial charge in [-0.2, -0.15) is 0 Å². The third-order valence-electron chi connectivity index (χ3n) is 5.23. The molecule has 0 fully saturated rings. The lowest BCUT2D eigenvalue weighted by Crippen LogP contribution is -2.29. The molecule has 0 saturated heterocycles. The fourth-order valence-electron chi connectivity index (χ4n) is 3.60. The van der Waals surface area contributed by atoms with E-state index in [0.717, 1.165) is 11.1 Å². The summed E-state index contributed by atoms with van der Waals surface area (Å²) in [6.45, 7) is 2.17. The van der Waals surface area contributed by atoms with Crippen LogP contribution in [0.4, 0.5) is 0 Å². The average Bonchev–Trinajstić information content (AvgIpc) is 2.74. The van der Waals surface area contributed by atoms with E-state index in [-0.39, 0.29) is 29.0 Å². The van der Waals surface area contributed by atoms with E-state index in [1.807, 2.05) is 30.3 Å². The van der Waals surface area contributed by atoms with Crippen molar-refractivity contribution in [2.45, 2.75) is 32.2 Å². The summed E-state index contributed by atoms with van der Waals surface area (Å²) in [6.07, 6.45) is 0.530. The number of phenolic OH excluding ortho intramolecular Hbond substituents is 1. The number of benzene rings is 2. The van der Waals surface area contributed by atoms with Crippen LogP contribution in [0.15, 0.2) is 65.5 Å². The Balaban J connectivity index is 2.02. The third-order valence-corrected chi connectivity index (χ3v) is 5.23. The molecule has 30 heavy (non-hydrogen) atoms. The Morgan fingerprint density at radius 1 is 1.07 bits per heavy atom. The molecule has 0 saturated carbocycles. The molecule has 0 aliphatic rings. The highest BCUT2D eigenvalue weighted by atomic mass is 16.5. The van der Waals surface area contributed by atoms with Gasteiger partial charge in [-0.1, -0.05) is 42.5 Å². The SMILES string of the molecule is COC(=O)C[C@@H](c1ccccc1)c1c(O)cc(C)n(CCc2ccc(O)cc2)c1=O. The van der Waals surface area contributed by atoms with Crippen LogP contribution in [-0.4, -0.2) is 27.9 Å². The number of pyridine rings is 1. The number of carbonyl (C=O) groups excluding carboxylic acids is 1. The normalized spacial score (nSPS) is 11.8. The van der Waals surface area contributed by atoms with Crippen molar-refractivity contribution in [2.24, 2.45) is 0 Å². The molecule has 0 unspecified atom stereocenters. The molecule has 6 heteroatoms. The van der Waals surface area contributed by atoms with Crippen molar-refractivity contribution in [3.63, 3.8) is 0 Å². The predicted octanol–water partition coefficient (Wildman–Crippen LogP) is 3.51. The highest BCUT2D eigenvalue weighted by molar-refractivity contribution is 5.71. The molecule has 6 nitrogen and oxygen atoms in total. The van der Waals surface area contributed by atoms with E-state index >= 15 is 0 Å². The summed E-state index contributed by atoms with van der Waals surface area (Å²) in [4.78, 5) is 25.4. The Bertz CT molecular complexity index is 1070. The molecule has 0 amide bonds. The molecule has 3 aromatic rings. The fourth-order valence-corrected chi connectivity index (χ4v) is 3.60. The van der Waals surface area contributed by atoms with Crippen LogP contribution in [0.3, 0.4) is 0 Å². The predicted molar refractivity (Wildman–Crippen MR) is 114 cm³/mol. The maximum Gasteiger partial charge on any atom is 0.306 e. The van der Waals surface area contributed by atoms with Gasteiger partial charge < -0.3 is 19.5 Å². The first-order chi connectivity index (χ1) is 14.4. The second-order valence-electron chi connectivity index (χ2n) is 7.20. The Hall–Kier alpha value is -3.54. The first-order valence-corrected chi connectivity index (χ1v) is 9.73. The van der Waals surface area contributed by atoms with Gasteiger partial charge in [0.05, 0.1) is 19.1 Å². The molecule has 0 bridgehead atoms. The van der Waals surface area contributed by atoms with Gasteiger partial charge in [0.25, 0.3) is 5.56 Å². The van der Waals surface area contributed by atoms with Crippen molar-refractivity contribution >= 4 is 5.97 Å². The number of hydrogen-bond acceptors (Lipinski definition) is 5. The molecular weight excluding hydrogens is 382 g/mol. The molecule has 0 aliphatic carbocycles. The highest BCUT2D eigenvalue weighted by Gasteiger charge is 2.26. The quantitative estimate of drug-likeness (QED) is 0.585. The zero-order valence-electron chi connectivity index (χ0n) is 17.0. The van der Waals surface area contributed by atoms with Crippen LogP contribution in [0, 0.1) is 6.92 Å². The highest BCUT2D eigenvalue weighted by Crippen LogP contribution is 2.32. The standard InChI is InChI=1S/C24H25NO5/c1-16-14-21(27)23(20(15-22(28)30-2)18-6-4-3-5-7-18)24(29)25(16)13-12-17-8-10-19(26)11-9-17/h3-11,14,20,26-27H,12-13,15H2,1-2H3/t20-/m0/s1. The van der Waals surface area contributed by atoms with Crippen LogP contribution in [0.25, 0.3) is 0 Å². The van der Waals surface area contributed by atoms with Crippen molar-refractivity contribution in [1.29, 1.82) is 0 Å². The summed E-state index contributed by atoms with van der Waals surface area (Å²) in [5, 5.41) is 20.1. The van der Waals surface area contributed by atoms with E-state index in [2.05, 4.69) is 0 Å². The summed E-state index contributed by atoms with van der Waals surface area (Å²) in [5.74, 6) is -1.02. The molecule has 156 valence electrons. The summed E-state index contributed by atoms with van der Waals surface area (Å²) in [7, 11) is 1.30. The van der Waals surface area contributed by atoms with Gasteiger partial charge in [0, 0.05) is 18.2 Å². The van der Waals surface area contributed by atoms with Gasteiger partial charge >= 0.3 is 5.97 Å². The number of rotatable bonds is 7. The zero-order chi connectivity index (χ0) is 21.7. The average molecular weight is 407 g/mol. The first-order valence-electron chi connectivity index (χ1n) is 9.73. The summed E-state index contributed by atoms with van der Waals surface area (Å²) in [5.41, 5.74) is 2.21. The number of aromatic nitrogens is 1. The van der Waals surface area contributed by atoms with Gasteiger partial charge in [-0.05, 0) is 42.7 Å². The van der Waals surface area contributed by atoms with Crippen LogP contribution < -0.4 is 5.56 Å². The smallest absolute Gasteiger partial charge is 0.306 e. The zero-order valence-corrected chi connectivity index (χ0v) is 17.0. The number of esters is 1. The van der Waals surface area contributed by atoms with Crippen molar-refractivity contribution in [3.8, 4) is 11.5 Å². The van der Waals surface area contributed by atoms with Gasteiger partial charge in [0.1, 0.15) is 11.5 Å². The number of hydrogen-bond donors (Lipinski definition) is 2. The lowest BCUT2D eigenvalue weighted by molar-refractivity contribution is -0.140. The molecular formula is C24H25NO5. The Labute approximate surface area is 175 Å². The minimum atomic E-state index is -0.619. The second-order valence-corrected chi connectivity index (χ2v) is 7.20. The number of aromatic hydroxyl groups is 2. The number of nitrogens with zero attached hydrogens (tertiary/aromatic N) is 1. The number of ether oxygens (including phenoxy) is 1. The number of methoxy groups -OCH3 is 1. The van der Waals surface area contributed by atoms with Crippen LogP contribution >= 0.6 is 0 Å². The number of carbonyl (C=O) groups is 1. The van der Waals surface area contributed by atoms with Crippen LogP contribution in [0.1, 0.15) is 34.7 Å². The molecule has 2 aromatic carbocycles. The molecule has 0 aliphatic heterocycles. The molecule has 1 heterocycles. The molecule has 1 atom stereocenters. The summed E-state index contributed by atoms with van der Waals surface area (Å²) in [6, 6.07) is 17.5. The van der Waals surface area contributed by atoms with Gasteiger partial charge in [0.2, 0.25) is 0 Å². The van der Waals surface area contributed by atoms with E-state index in [0.29, 0.717) is 18.7 Å². The number of phenols is 1.